The summed E-state index contributed by atoms with van der Waals surface area (Å²) in [4.78, 5) is 0. The molecule has 1 aliphatic carbocycles. The second kappa shape index (κ2) is 5.71. The molecule has 0 aliphatic heterocycles. The van der Waals surface area contributed by atoms with E-state index in [0.29, 0.717) is 5.92 Å². The summed E-state index contributed by atoms with van der Waals surface area (Å²) in [6.45, 7) is 12.6. The van der Waals surface area contributed by atoms with Crippen LogP contribution in [0.5, 0.6) is 0 Å². The molecule has 2 heteroatoms. The average molecular weight is 242 g/mol. The monoisotopic (exact) mass is 242 g/mol. The zero-order valence-corrected chi connectivity index (χ0v) is 12.5. The molecule has 102 valence electrons. The quantitative estimate of drug-likeness (QED) is 0.677. The van der Waals surface area contributed by atoms with E-state index in [1.165, 1.54) is 32.1 Å². The minimum atomic E-state index is -0.132. The van der Waals surface area contributed by atoms with E-state index in [0.717, 1.165) is 0 Å². The van der Waals surface area contributed by atoms with Gasteiger partial charge in [-0.05, 0) is 54.4 Å². The molecule has 2 nitrogen and oxygen atoms in total. The minimum absolute atomic E-state index is 0.0460. The summed E-state index contributed by atoms with van der Waals surface area (Å²) in [6.07, 6.45) is 6.46. The van der Waals surface area contributed by atoms with Gasteiger partial charge < -0.3 is 9.47 Å². The zero-order valence-electron chi connectivity index (χ0n) is 12.5. The molecule has 0 atom stereocenters. The van der Waals surface area contributed by atoms with Crippen molar-refractivity contribution in [2.75, 3.05) is 0 Å². The van der Waals surface area contributed by atoms with Crippen molar-refractivity contribution in [1.82, 2.24) is 0 Å². The van der Waals surface area contributed by atoms with E-state index in [4.69, 9.17) is 9.47 Å². The van der Waals surface area contributed by atoms with Gasteiger partial charge in [0, 0.05) is 5.92 Å². The smallest absolute Gasteiger partial charge is 0.161 e. The zero-order chi connectivity index (χ0) is 13.1. The van der Waals surface area contributed by atoms with Gasteiger partial charge in [0.25, 0.3) is 0 Å². The molecule has 0 heterocycles. The molecule has 17 heavy (non-hydrogen) atoms. The number of hydrogen-bond acceptors (Lipinski definition) is 2. The van der Waals surface area contributed by atoms with Gasteiger partial charge in [0.2, 0.25) is 0 Å². The van der Waals surface area contributed by atoms with Crippen LogP contribution in [0.15, 0.2) is 0 Å². The first-order chi connectivity index (χ1) is 7.67. The van der Waals surface area contributed by atoms with E-state index >= 15 is 0 Å². The van der Waals surface area contributed by atoms with Gasteiger partial charge in [0.05, 0.1) is 11.2 Å². The molecule has 1 saturated carbocycles. The maximum Gasteiger partial charge on any atom is 0.161 e. The number of ether oxygens (including phenoxy) is 2. The van der Waals surface area contributed by atoms with Crippen LogP contribution in [0.2, 0.25) is 0 Å². The standard InChI is InChI=1S/C15H30O2/c1-14(2,3)16-13(17-15(4,5)6)12-10-8-7-9-11-12/h12-13H,7-11H2,1-6H3. The number of rotatable bonds is 3. The van der Waals surface area contributed by atoms with Crippen molar-refractivity contribution in [2.24, 2.45) is 5.92 Å². The second-order valence-electron chi connectivity index (χ2n) is 7.23. The first-order valence-electron chi connectivity index (χ1n) is 7.03. The van der Waals surface area contributed by atoms with Crippen LogP contribution >= 0.6 is 0 Å². The van der Waals surface area contributed by atoms with Crippen molar-refractivity contribution >= 4 is 0 Å². The van der Waals surface area contributed by atoms with Gasteiger partial charge in [-0.15, -0.1) is 0 Å². The van der Waals surface area contributed by atoms with Gasteiger partial charge in [-0.3, -0.25) is 0 Å². The van der Waals surface area contributed by atoms with Crippen molar-refractivity contribution in [2.45, 2.75) is 91.1 Å². The summed E-state index contributed by atoms with van der Waals surface area (Å²) in [5.41, 5.74) is -0.263. The van der Waals surface area contributed by atoms with Gasteiger partial charge in [-0.2, -0.15) is 0 Å². The van der Waals surface area contributed by atoms with Crippen LogP contribution in [0.4, 0.5) is 0 Å². The lowest BCUT2D eigenvalue weighted by atomic mass is 9.88. The van der Waals surface area contributed by atoms with Gasteiger partial charge in [0.1, 0.15) is 0 Å². The Labute approximate surface area is 107 Å². The Morgan fingerprint density at radius 1 is 0.765 bits per heavy atom. The van der Waals surface area contributed by atoms with Crippen LogP contribution in [-0.4, -0.2) is 17.5 Å². The fourth-order valence-corrected chi connectivity index (χ4v) is 2.32. The van der Waals surface area contributed by atoms with Crippen LogP contribution < -0.4 is 0 Å². The number of hydrogen-bond donors (Lipinski definition) is 0. The molecule has 0 aromatic heterocycles. The molecule has 0 radical (unpaired) electrons. The molecule has 0 bridgehead atoms. The third-order valence-corrected chi connectivity index (χ3v) is 2.97. The van der Waals surface area contributed by atoms with Crippen molar-refractivity contribution in [3.63, 3.8) is 0 Å². The summed E-state index contributed by atoms with van der Waals surface area (Å²) < 4.78 is 12.3. The summed E-state index contributed by atoms with van der Waals surface area (Å²) >= 11 is 0. The third kappa shape index (κ3) is 6.42. The molecule has 0 N–H and O–H groups in total. The van der Waals surface area contributed by atoms with E-state index in [-0.39, 0.29) is 17.5 Å². The lowest BCUT2D eigenvalue weighted by molar-refractivity contribution is -0.258. The van der Waals surface area contributed by atoms with Crippen LogP contribution in [0.25, 0.3) is 0 Å². The highest BCUT2D eigenvalue weighted by Gasteiger charge is 2.32. The Morgan fingerprint density at radius 2 is 1.18 bits per heavy atom. The maximum atomic E-state index is 6.13. The highest BCUT2D eigenvalue weighted by atomic mass is 16.7. The Bertz CT molecular complexity index is 200. The largest absolute Gasteiger partial charge is 0.347 e. The van der Waals surface area contributed by atoms with Crippen molar-refractivity contribution in [1.29, 1.82) is 0 Å². The third-order valence-electron chi connectivity index (χ3n) is 2.97. The normalized spacial score (nSPS) is 19.9. The van der Waals surface area contributed by atoms with Crippen LogP contribution in [-0.2, 0) is 9.47 Å². The predicted octanol–water partition coefficient (Wildman–Crippen LogP) is 4.52. The Balaban J connectivity index is 2.63. The average Bonchev–Trinajstić information content (AvgIpc) is 2.14. The van der Waals surface area contributed by atoms with E-state index in [1.807, 2.05) is 0 Å². The van der Waals surface area contributed by atoms with Gasteiger partial charge in [-0.1, -0.05) is 19.3 Å². The highest BCUT2D eigenvalue weighted by molar-refractivity contribution is 4.74. The molecule has 1 rings (SSSR count). The van der Waals surface area contributed by atoms with Gasteiger partial charge in [-0.25, -0.2) is 0 Å². The van der Waals surface area contributed by atoms with Crippen molar-refractivity contribution in [3.8, 4) is 0 Å². The summed E-state index contributed by atoms with van der Waals surface area (Å²) in [5, 5.41) is 0. The van der Waals surface area contributed by atoms with Gasteiger partial charge in [0.15, 0.2) is 6.29 Å². The SMILES string of the molecule is CC(C)(C)OC(OC(C)(C)C)C1CCCCC1. The summed E-state index contributed by atoms with van der Waals surface area (Å²) in [7, 11) is 0. The molecule has 0 aromatic carbocycles. The molecule has 0 unspecified atom stereocenters. The predicted molar refractivity (Wildman–Crippen MR) is 72.0 cm³/mol. The van der Waals surface area contributed by atoms with E-state index in [9.17, 15) is 0 Å². The maximum absolute atomic E-state index is 6.13. The van der Waals surface area contributed by atoms with Crippen molar-refractivity contribution in [3.05, 3.63) is 0 Å². The molecule has 0 saturated heterocycles. The topological polar surface area (TPSA) is 18.5 Å². The molecular formula is C15H30O2. The molecule has 0 spiro atoms. The Hall–Kier alpha value is -0.0800. The minimum Gasteiger partial charge on any atom is -0.347 e. The van der Waals surface area contributed by atoms with E-state index in [1.54, 1.807) is 0 Å². The summed E-state index contributed by atoms with van der Waals surface area (Å²) in [5.74, 6) is 0.571. The Morgan fingerprint density at radius 3 is 1.53 bits per heavy atom. The van der Waals surface area contributed by atoms with Crippen LogP contribution in [0.1, 0.15) is 73.6 Å². The molecule has 0 aromatic rings. The van der Waals surface area contributed by atoms with Crippen LogP contribution in [0, 0.1) is 5.92 Å². The van der Waals surface area contributed by atoms with E-state index < -0.39 is 0 Å². The lowest BCUT2D eigenvalue weighted by Gasteiger charge is -2.38. The fraction of sp³-hybridized carbons (Fsp3) is 1.00. The highest BCUT2D eigenvalue weighted by Crippen LogP contribution is 2.32. The molecule has 1 aliphatic rings. The summed E-state index contributed by atoms with van der Waals surface area (Å²) in [6, 6.07) is 0. The Kier molecular flexibility index (Phi) is 5.03. The van der Waals surface area contributed by atoms with Crippen LogP contribution in [0.3, 0.4) is 0 Å². The lowest BCUT2D eigenvalue weighted by Crippen LogP contribution is -2.40. The molecular weight excluding hydrogens is 212 g/mol. The first-order valence-corrected chi connectivity index (χ1v) is 7.03. The second-order valence-corrected chi connectivity index (χ2v) is 7.23. The first kappa shape index (κ1) is 15.0. The van der Waals surface area contributed by atoms with Gasteiger partial charge >= 0.3 is 0 Å². The van der Waals surface area contributed by atoms with E-state index in [2.05, 4.69) is 41.5 Å². The molecule has 1 fully saturated rings. The fourth-order valence-electron chi connectivity index (χ4n) is 2.32. The van der Waals surface area contributed by atoms with Crippen molar-refractivity contribution < 1.29 is 9.47 Å². The molecule has 0 amide bonds.